The largest absolute Gasteiger partial charge is 0.309 e. The molecule has 104 valence electrons. The van der Waals surface area contributed by atoms with Gasteiger partial charge in [0, 0.05) is 26.2 Å². The molecule has 0 spiro atoms. The zero-order valence-corrected chi connectivity index (χ0v) is 12.0. The fraction of sp³-hybridized carbons (Fsp3) is 0.571. The molecule has 0 atom stereocenters. The predicted octanol–water partition coefficient (Wildman–Crippen LogP) is 1.85. The maximum absolute atomic E-state index is 12.6. The molecule has 0 radical (unpaired) electrons. The number of nitrogens with one attached hydrogen (secondary N) is 1. The van der Waals surface area contributed by atoms with Gasteiger partial charge in [0.05, 0.1) is 4.90 Å². The third-order valence-corrected chi connectivity index (χ3v) is 6.23. The van der Waals surface area contributed by atoms with Crippen molar-refractivity contribution in [3.63, 3.8) is 0 Å². The Kier molecular flexibility index (Phi) is 3.37. The van der Waals surface area contributed by atoms with E-state index in [9.17, 15) is 8.42 Å². The Morgan fingerprint density at radius 3 is 2.58 bits per heavy atom. The summed E-state index contributed by atoms with van der Waals surface area (Å²) in [7, 11) is -1.62. The molecule has 0 aromatic heterocycles. The summed E-state index contributed by atoms with van der Waals surface area (Å²) < 4.78 is 26.8. The van der Waals surface area contributed by atoms with Crippen LogP contribution in [-0.4, -0.2) is 25.8 Å². The number of rotatable bonds is 3. The molecule has 0 bridgehead atoms. The van der Waals surface area contributed by atoms with Crippen molar-refractivity contribution in [2.75, 3.05) is 7.05 Å². The Morgan fingerprint density at radius 2 is 1.84 bits per heavy atom. The average Bonchev–Trinajstić information content (AvgIpc) is 3.07. The van der Waals surface area contributed by atoms with E-state index in [1.807, 2.05) is 12.1 Å². The fourth-order valence-electron chi connectivity index (χ4n) is 3.06. The lowest BCUT2D eigenvalue weighted by Gasteiger charge is -2.23. The molecule has 5 heteroatoms. The van der Waals surface area contributed by atoms with Crippen LogP contribution in [0.15, 0.2) is 23.1 Å². The van der Waals surface area contributed by atoms with E-state index < -0.39 is 10.0 Å². The minimum atomic E-state index is -3.34. The molecule has 19 heavy (non-hydrogen) atoms. The molecule has 1 saturated carbocycles. The summed E-state index contributed by atoms with van der Waals surface area (Å²) in [4.78, 5) is 0.435. The number of nitrogens with zero attached hydrogens (tertiary/aromatic N) is 1. The molecule has 0 unspecified atom stereocenters. The predicted molar refractivity (Wildman–Crippen MR) is 74.2 cm³/mol. The van der Waals surface area contributed by atoms with Crippen molar-refractivity contribution < 1.29 is 8.42 Å². The Morgan fingerprint density at radius 1 is 1.16 bits per heavy atom. The molecule has 0 amide bonds. The molecule has 3 rings (SSSR count). The summed E-state index contributed by atoms with van der Waals surface area (Å²) >= 11 is 0. The van der Waals surface area contributed by atoms with Gasteiger partial charge in [-0.1, -0.05) is 18.9 Å². The SMILES string of the molecule is CN(C1CCCC1)S(=O)(=O)c1ccc2c(c1)CNC2. The highest BCUT2D eigenvalue weighted by atomic mass is 32.2. The second-order valence-electron chi connectivity index (χ2n) is 5.49. The van der Waals surface area contributed by atoms with E-state index in [-0.39, 0.29) is 6.04 Å². The van der Waals surface area contributed by atoms with Gasteiger partial charge in [0.1, 0.15) is 0 Å². The Hall–Kier alpha value is -0.910. The highest BCUT2D eigenvalue weighted by molar-refractivity contribution is 7.89. The van der Waals surface area contributed by atoms with E-state index in [0.717, 1.165) is 44.3 Å². The first-order valence-electron chi connectivity index (χ1n) is 6.89. The van der Waals surface area contributed by atoms with Crippen LogP contribution in [0, 0.1) is 0 Å². The molecule has 2 aliphatic rings. The second kappa shape index (κ2) is 4.89. The van der Waals surface area contributed by atoms with Crippen molar-refractivity contribution in [2.45, 2.75) is 49.7 Å². The molecule has 1 heterocycles. The maximum atomic E-state index is 12.6. The molecular weight excluding hydrogens is 260 g/mol. The maximum Gasteiger partial charge on any atom is 0.243 e. The topological polar surface area (TPSA) is 49.4 Å². The Bertz CT molecular complexity index is 577. The van der Waals surface area contributed by atoms with Gasteiger partial charge in [-0.3, -0.25) is 0 Å². The zero-order chi connectivity index (χ0) is 13.5. The second-order valence-corrected chi connectivity index (χ2v) is 7.49. The summed E-state index contributed by atoms with van der Waals surface area (Å²) in [5.74, 6) is 0. The van der Waals surface area contributed by atoms with Gasteiger partial charge in [0.15, 0.2) is 0 Å². The van der Waals surface area contributed by atoms with Gasteiger partial charge in [-0.15, -0.1) is 0 Å². The first kappa shape index (κ1) is 13.1. The molecule has 1 fully saturated rings. The number of hydrogen-bond acceptors (Lipinski definition) is 3. The van der Waals surface area contributed by atoms with Gasteiger partial charge >= 0.3 is 0 Å². The van der Waals surface area contributed by atoms with Crippen molar-refractivity contribution in [1.82, 2.24) is 9.62 Å². The standard InChI is InChI=1S/C14H20N2O2S/c1-16(13-4-2-3-5-13)19(17,18)14-7-6-11-9-15-10-12(11)8-14/h6-8,13,15H,2-5,9-10H2,1H3. The van der Waals surface area contributed by atoms with Crippen LogP contribution in [0.4, 0.5) is 0 Å². The van der Waals surface area contributed by atoms with Crippen LogP contribution in [0.5, 0.6) is 0 Å². The first-order valence-corrected chi connectivity index (χ1v) is 8.33. The molecule has 1 aromatic carbocycles. The average molecular weight is 280 g/mol. The Labute approximate surface area is 114 Å². The molecule has 1 aliphatic heterocycles. The van der Waals surface area contributed by atoms with Crippen molar-refractivity contribution in [3.8, 4) is 0 Å². The fourth-order valence-corrected chi connectivity index (χ4v) is 4.53. The van der Waals surface area contributed by atoms with Crippen LogP contribution in [0.1, 0.15) is 36.8 Å². The van der Waals surface area contributed by atoms with Crippen LogP contribution in [-0.2, 0) is 23.1 Å². The number of benzene rings is 1. The minimum absolute atomic E-state index is 0.177. The normalized spacial score (nSPS) is 20.1. The van der Waals surface area contributed by atoms with Gasteiger partial charge in [-0.2, -0.15) is 4.31 Å². The summed E-state index contributed by atoms with van der Waals surface area (Å²) in [6.07, 6.45) is 4.25. The summed E-state index contributed by atoms with van der Waals surface area (Å²) in [5, 5.41) is 3.24. The molecule has 1 aromatic rings. The lowest BCUT2D eigenvalue weighted by Crippen LogP contribution is -2.35. The summed E-state index contributed by atoms with van der Waals surface area (Å²) in [6, 6.07) is 5.68. The van der Waals surface area contributed by atoms with Crippen molar-refractivity contribution in [2.24, 2.45) is 0 Å². The van der Waals surface area contributed by atoms with Crippen molar-refractivity contribution in [1.29, 1.82) is 0 Å². The molecular formula is C14H20N2O2S. The minimum Gasteiger partial charge on any atom is -0.309 e. The van der Waals surface area contributed by atoms with Gasteiger partial charge in [-0.25, -0.2) is 8.42 Å². The van der Waals surface area contributed by atoms with Crippen LogP contribution >= 0.6 is 0 Å². The molecule has 1 N–H and O–H groups in total. The van der Waals surface area contributed by atoms with Crippen LogP contribution in [0.2, 0.25) is 0 Å². The van der Waals surface area contributed by atoms with E-state index in [4.69, 9.17) is 0 Å². The quantitative estimate of drug-likeness (QED) is 0.919. The van der Waals surface area contributed by atoms with Crippen LogP contribution in [0.3, 0.4) is 0 Å². The molecule has 0 saturated heterocycles. The summed E-state index contributed by atoms with van der Waals surface area (Å²) in [6.45, 7) is 1.61. The number of hydrogen-bond donors (Lipinski definition) is 1. The third-order valence-electron chi connectivity index (χ3n) is 4.32. The number of fused-ring (bicyclic) bond motifs is 1. The van der Waals surface area contributed by atoms with Crippen LogP contribution in [0.25, 0.3) is 0 Å². The molecule has 1 aliphatic carbocycles. The zero-order valence-electron chi connectivity index (χ0n) is 11.2. The lowest BCUT2D eigenvalue weighted by atomic mass is 10.1. The van der Waals surface area contributed by atoms with Crippen molar-refractivity contribution >= 4 is 10.0 Å². The highest BCUT2D eigenvalue weighted by Gasteiger charge is 2.30. The van der Waals surface area contributed by atoms with Gasteiger partial charge < -0.3 is 5.32 Å². The third kappa shape index (κ3) is 2.30. The van der Waals surface area contributed by atoms with Crippen LogP contribution < -0.4 is 5.32 Å². The highest BCUT2D eigenvalue weighted by Crippen LogP contribution is 2.28. The van der Waals surface area contributed by atoms with Gasteiger partial charge in [0.2, 0.25) is 10.0 Å². The number of sulfonamides is 1. The monoisotopic (exact) mass is 280 g/mol. The van der Waals surface area contributed by atoms with E-state index in [2.05, 4.69) is 5.32 Å². The van der Waals surface area contributed by atoms with Crippen molar-refractivity contribution in [3.05, 3.63) is 29.3 Å². The van der Waals surface area contributed by atoms with E-state index in [1.54, 1.807) is 17.4 Å². The van der Waals surface area contributed by atoms with E-state index in [1.165, 1.54) is 5.56 Å². The van der Waals surface area contributed by atoms with E-state index in [0.29, 0.717) is 4.90 Å². The van der Waals surface area contributed by atoms with E-state index >= 15 is 0 Å². The summed E-state index contributed by atoms with van der Waals surface area (Å²) in [5.41, 5.74) is 2.32. The smallest absolute Gasteiger partial charge is 0.243 e. The Balaban J connectivity index is 1.91. The van der Waals surface area contributed by atoms with Gasteiger partial charge in [0.25, 0.3) is 0 Å². The first-order chi connectivity index (χ1) is 9.09. The lowest BCUT2D eigenvalue weighted by molar-refractivity contribution is 0.373. The van der Waals surface area contributed by atoms with Gasteiger partial charge in [-0.05, 0) is 36.1 Å². The molecule has 4 nitrogen and oxygen atoms in total.